The Morgan fingerprint density at radius 2 is 2.00 bits per heavy atom. The van der Waals surface area contributed by atoms with Crippen molar-refractivity contribution in [3.63, 3.8) is 0 Å². The van der Waals surface area contributed by atoms with E-state index in [1.165, 1.54) is 0 Å². The normalized spacial score (nSPS) is 13.8. The summed E-state index contributed by atoms with van der Waals surface area (Å²) in [5, 5.41) is 5.30. The molecule has 0 bridgehead atoms. The van der Waals surface area contributed by atoms with Gasteiger partial charge in [0.1, 0.15) is 5.69 Å². The van der Waals surface area contributed by atoms with Crippen molar-refractivity contribution in [1.29, 1.82) is 0 Å². The second kappa shape index (κ2) is 7.44. The lowest BCUT2D eigenvalue weighted by atomic mass is 10.1. The largest absolute Gasteiger partial charge is 0.463 e. The standard InChI is InChI=1S/C24H24N4O2/c1-16(2)28-23-20(14-25-28)19(13-21(26-23)22-9-6-12-30-22)24(29)27(18-10-11-18)15-17-7-4-3-5-8-17/h3-9,12-14,16,18H,10-11,15H2,1-2H3. The molecule has 4 aromatic rings. The third-order valence-electron chi connectivity index (χ3n) is 5.50. The minimum Gasteiger partial charge on any atom is -0.463 e. The number of hydrogen-bond acceptors (Lipinski definition) is 4. The monoisotopic (exact) mass is 400 g/mol. The summed E-state index contributed by atoms with van der Waals surface area (Å²) in [4.78, 5) is 20.5. The molecule has 3 aromatic heterocycles. The van der Waals surface area contributed by atoms with Crippen LogP contribution in [0.4, 0.5) is 0 Å². The fourth-order valence-corrected chi connectivity index (χ4v) is 3.81. The first-order valence-corrected chi connectivity index (χ1v) is 10.4. The number of carbonyl (C=O) groups excluding carboxylic acids is 1. The maximum absolute atomic E-state index is 13.8. The number of pyridine rings is 1. The second-order valence-electron chi connectivity index (χ2n) is 8.10. The van der Waals surface area contributed by atoms with Crippen LogP contribution in [0.25, 0.3) is 22.5 Å². The Labute approximate surface area is 175 Å². The van der Waals surface area contributed by atoms with Crippen LogP contribution in [0.15, 0.2) is 65.4 Å². The van der Waals surface area contributed by atoms with Crippen molar-refractivity contribution < 1.29 is 9.21 Å². The number of carbonyl (C=O) groups is 1. The number of aromatic nitrogens is 3. The molecule has 0 spiro atoms. The van der Waals surface area contributed by atoms with Gasteiger partial charge in [0.15, 0.2) is 11.4 Å². The molecule has 1 amide bonds. The van der Waals surface area contributed by atoms with Gasteiger partial charge >= 0.3 is 0 Å². The molecule has 0 aliphatic heterocycles. The van der Waals surface area contributed by atoms with Crippen LogP contribution in [0.5, 0.6) is 0 Å². The average molecular weight is 400 g/mol. The van der Waals surface area contributed by atoms with Gasteiger partial charge in [-0.3, -0.25) is 4.79 Å². The molecule has 0 atom stereocenters. The zero-order valence-electron chi connectivity index (χ0n) is 17.2. The Bertz CT molecular complexity index is 1170. The molecule has 3 heterocycles. The third-order valence-corrected chi connectivity index (χ3v) is 5.50. The second-order valence-corrected chi connectivity index (χ2v) is 8.10. The molecule has 0 N–H and O–H groups in total. The van der Waals surface area contributed by atoms with E-state index in [0.29, 0.717) is 29.2 Å². The van der Waals surface area contributed by atoms with Gasteiger partial charge in [-0.2, -0.15) is 5.10 Å². The van der Waals surface area contributed by atoms with Gasteiger partial charge in [0.2, 0.25) is 0 Å². The average Bonchev–Trinajstić information content (AvgIpc) is 3.26. The van der Waals surface area contributed by atoms with Crippen LogP contribution in [0.1, 0.15) is 48.7 Å². The number of amides is 1. The lowest BCUT2D eigenvalue weighted by molar-refractivity contribution is 0.0732. The van der Waals surface area contributed by atoms with E-state index in [1.54, 1.807) is 12.5 Å². The molecular formula is C24H24N4O2. The number of rotatable bonds is 6. The van der Waals surface area contributed by atoms with Gasteiger partial charge in [0.05, 0.1) is 23.4 Å². The summed E-state index contributed by atoms with van der Waals surface area (Å²) in [7, 11) is 0. The molecule has 5 rings (SSSR count). The van der Waals surface area contributed by atoms with Gasteiger partial charge in [0.25, 0.3) is 5.91 Å². The van der Waals surface area contributed by atoms with Crippen LogP contribution >= 0.6 is 0 Å². The molecule has 1 saturated carbocycles. The molecular weight excluding hydrogens is 376 g/mol. The highest BCUT2D eigenvalue weighted by molar-refractivity contribution is 6.06. The topological polar surface area (TPSA) is 64.2 Å². The highest BCUT2D eigenvalue weighted by Crippen LogP contribution is 2.33. The van der Waals surface area contributed by atoms with Crippen molar-refractivity contribution in [3.8, 4) is 11.5 Å². The molecule has 0 saturated heterocycles. The van der Waals surface area contributed by atoms with Crippen LogP contribution in [0.3, 0.4) is 0 Å². The first-order valence-electron chi connectivity index (χ1n) is 10.4. The summed E-state index contributed by atoms with van der Waals surface area (Å²) in [6.07, 6.45) is 5.47. The summed E-state index contributed by atoms with van der Waals surface area (Å²) in [5.41, 5.74) is 3.11. The summed E-state index contributed by atoms with van der Waals surface area (Å²) >= 11 is 0. The van der Waals surface area contributed by atoms with Gasteiger partial charge < -0.3 is 9.32 Å². The smallest absolute Gasteiger partial charge is 0.255 e. The van der Waals surface area contributed by atoms with Gasteiger partial charge in [-0.15, -0.1) is 0 Å². The maximum atomic E-state index is 13.8. The van der Waals surface area contributed by atoms with Gasteiger partial charge in [0, 0.05) is 18.6 Å². The van der Waals surface area contributed by atoms with Crippen molar-refractivity contribution in [2.75, 3.05) is 0 Å². The molecule has 6 nitrogen and oxygen atoms in total. The lowest BCUT2D eigenvalue weighted by Crippen LogP contribution is -2.32. The molecule has 1 aliphatic carbocycles. The van der Waals surface area contributed by atoms with Crippen molar-refractivity contribution in [1.82, 2.24) is 19.7 Å². The zero-order chi connectivity index (χ0) is 20.7. The molecule has 0 unspecified atom stereocenters. The fourth-order valence-electron chi connectivity index (χ4n) is 3.81. The van der Waals surface area contributed by atoms with Crippen LogP contribution in [0.2, 0.25) is 0 Å². The third kappa shape index (κ3) is 3.38. The highest BCUT2D eigenvalue weighted by Gasteiger charge is 2.34. The molecule has 1 aromatic carbocycles. The van der Waals surface area contributed by atoms with E-state index in [9.17, 15) is 4.79 Å². The minimum atomic E-state index is 0.0184. The van der Waals surface area contributed by atoms with Crippen LogP contribution in [-0.4, -0.2) is 31.6 Å². The van der Waals surface area contributed by atoms with Crippen molar-refractivity contribution in [3.05, 3.63) is 72.1 Å². The molecule has 1 aliphatic rings. The molecule has 30 heavy (non-hydrogen) atoms. The summed E-state index contributed by atoms with van der Waals surface area (Å²) in [5.74, 6) is 0.661. The van der Waals surface area contributed by atoms with E-state index in [0.717, 1.165) is 23.8 Å². The van der Waals surface area contributed by atoms with E-state index in [1.807, 2.05) is 46.0 Å². The SMILES string of the molecule is CC(C)n1ncc2c(C(=O)N(Cc3ccccc3)C3CC3)cc(-c3ccco3)nc21. The molecule has 0 radical (unpaired) electrons. The summed E-state index contributed by atoms with van der Waals surface area (Å²) in [6, 6.07) is 16.1. The molecule has 6 heteroatoms. The van der Waals surface area contributed by atoms with E-state index < -0.39 is 0 Å². The summed E-state index contributed by atoms with van der Waals surface area (Å²) in [6.45, 7) is 4.71. The number of hydrogen-bond donors (Lipinski definition) is 0. The van der Waals surface area contributed by atoms with Crippen LogP contribution in [0, 0.1) is 0 Å². The van der Waals surface area contributed by atoms with Crippen LogP contribution < -0.4 is 0 Å². The van der Waals surface area contributed by atoms with E-state index in [4.69, 9.17) is 9.40 Å². The molecule has 1 fully saturated rings. The Kier molecular flexibility index (Phi) is 4.62. The predicted molar refractivity (Wildman–Crippen MR) is 115 cm³/mol. The van der Waals surface area contributed by atoms with Crippen molar-refractivity contribution in [2.45, 2.75) is 45.3 Å². The van der Waals surface area contributed by atoms with E-state index in [-0.39, 0.29) is 18.0 Å². The zero-order valence-corrected chi connectivity index (χ0v) is 17.2. The Morgan fingerprint density at radius 1 is 1.20 bits per heavy atom. The first kappa shape index (κ1) is 18.6. The van der Waals surface area contributed by atoms with Gasteiger partial charge in [-0.25, -0.2) is 9.67 Å². The number of benzene rings is 1. The van der Waals surface area contributed by atoms with Crippen molar-refractivity contribution in [2.24, 2.45) is 0 Å². The van der Waals surface area contributed by atoms with Gasteiger partial charge in [-0.05, 0) is 50.5 Å². The highest BCUT2D eigenvalue weighted by atomic mass is 16.3. The fraction of sp³-hybridized carbons (Fsp3) is 0.292. The maximum Gasteiger partial charge on any atom is 0.255 e. The quantitative estimate of drug-likeness (QED) is 0.453. The minimum absolute atomic E-state index is 0.0184. The number of furan rings is 1. The molecule has 152 valence electrons. The first-order chi connectivity index (χ1) is 14.6. The predicted octanol–water partition coefficient (Wildman–Crippen LogP) is 5.08. The van der Waals surface area contributed by atoms with E-state index in [2.05, 4.69) is 31.1 Å². The van der Waals surface area contributed by atoms with Crippen molar-refractivity contribution >= 4 is 16.9 Å². The van der Waals surface area contributed by atoms with Crippen LogP contribution in [-0.2, 0) is 6.54 Å². The Morgan fingerprint density at radius 3 is 2.67 bits per heavy atom. The number of nitrogens with zero attached hydrogens (tertiary/aromatic N) is 4. The summed E-state index contributed by atoms with van der Waals surface area (Å²) < 4.78 is 7.44. The Balaban J connectivity index is 1.62. The van der Waals surface area contributed by atoms with E-state index >= 15 is 0 Å². The lowest BCUT2D eigenvalue weighted by Gasteiger charge is -2.23. The van der Waals surface area contributed by atoms with Gasteiger partial charge in [-0.1, -0.05) is 30.3 Å². The Hall–Kier alpha value is -3.41. The number of fused-ring (bicyclic) bond motifs is 1.